The Morgan fingerprint density at radius 3 is 2.55 bits per heavy atom. The van der Waals surface area contributed by atoms with Gasteiger partial charge in [-0.1, -0.05) is 48.5 Å². The molecule has 0 unspecified atom stereocenters. The van der Waals surface area contributed by atoms with Gasteiger partial charge in [-0.15, -0.1) is 0 Å². The summed E-state index contributed by atoms with van der Waals surface area (Å²) in [5.74, 6) is 0. The molecule has 2 aromatic carbocycles. The predicted octanol–water partition coefficient (Wildman–Crippen LogP) is 3.84. The Morgan fingerprint density at radius 1 is 1.09 bits per heavy atom. The van der Waals surface area contributed by atoms with Crippen LogP contribution in [0.1, 0.15) is 5.56 Å². The minimum Gasteiger partial charge on any atom is -0.348 e. The van der Waals surface area contributed by atoms with Gasteiger partial charge in [0.05, 0.1) is 5.69 Å². The Balaban J connectivity index is 1.75. The molecule has 1 aromatic heterocycles. The number of nitrogens with one attached hydrogen (secondary N) is 1. The Kier molecular flexibility index (Phi) is 3.83. The molecule has 0 bridgehead atoms. The Morgan fingerprint density at radius 2 is 1.77 bits per heavy atom. The summed E-state index contributed by atoms with van der Waals surface area (Å²) in [5, 5.41) is 4.04. The van der Waals surface area contributed by atoms with Crippen LogP contribution in [0.3, 0.4) is 0 Å². The van der Waals surface area contributed by atoms with Gasteiger partial charge in [-0.2, -0.15) is 0 Å². The van der Waals surface area contributed by atoms with Gasteiger partial charge >= 0.3 is 6.03 Å². The van der Waals surface area contributed by atoms with Crippen molar-refractivity contribution in [1.82, 2.24) is 9.47 Å². The fourth-order valence-electron chi connectivity index (χ4n) is 2.58. The van der Waals surface area contributed by atoms with Gasteiger partial charge in [-0.05, 0) is 11.6 Å². The summed E-state index contributed by atoms with van der Waals surface area (Å²) in [4.78, 5) is 14.1. The average Bonchev–Trinajstić information content (AvgIpc) is 2.85. The van der Waals surface area contributed by atoms with Gasteiger partial charge in [0.15, 0.2) is 0 Å². The van der Waals surface area contributed by atoms with Crippen molar-refractivity contribution in [1.29, 1.82) is 0 Å². The first-order valence-corrected chi connectivity index (χ1v) is 7.25. The van der Waals surface area contributed by atoms with Crippen molar-refractivity contribution in [2.24, 2.45) is 7.05 Å². The minimum absolute atomic E-state index is 0.111. The fourth-order valence-corrected chi connectivity index (χ4v) is 2.58. The lowest BCUT2D eigenvalue weighted by atomic mass is 10.2. The van der Waals surface area contributed by atoms with Gasteiger partial charge in [-0.25, -0.2) is 4.79 Å². The van der Waals surface area contributed by atoms with Crippen LogP contribution in [0.15, 0.2) is 60.8 Å². The molecule has 0 radical (unpaired) electrons. The summed E-state index contributed by atoms with van der Waals surface area (Å²) in [6.07, 6.45) is 1.94. The summed E-state index contributed by atoms with van der Waals surface area (Å²) >= 11 is 0. The predicted molar refractivity (Wildman–Crippen MR) is 89.8 cm³/mol. The number of nitrogens with zero attached hydrogens (tertiary/aromatic N) is 2. The molecule has 3 rings (SSSR count). The van der Waals surface area contributed by atoms with Crippen molar-refractivity contribution in [3.8, 4) is 0 Å². The van der Waals surface area contributed by atoms with E-state index < -0.39 is 0 Å². The Hall–Kier alpha value is -2.75. The highest BCUT2D eigenvalue weighted by Crippen LogP contribution is 2.25. The number of para-hydroxylation sites is 1. The molecule has 4 heteroatoms. The fraction of sp³-hybridized carbons (Fsp3) is 0.167. The normalized spacial score (nSPS) is 10.6. The number of hydrogen-bond donors (Lipinski definition) is 1. The maximum absolute atomic E-state index is 12.4. The number of urea groups is 1. The molecular weight excluding hydrogens is 274 g/mol. The number of aryl methyl sites for hydroxylation is 1. The van der Waals surface area contributed by atoms with E-state index in [0.29, 0.717) is 6.54 Å². The van der Waals surface area contributed by atoms with Gasteiger partial charge in [0.2, 0.25) is 0 Å². The number of carbonyl (C=O) groups is 1. The zero-order chi connectivity index (χ0) is 15.5. The molecule has 0 saturated heterocycles. The summed E-state index contributed by atoms with van der Waals surface area (Å²) in [5.41, 5.74) is 3.05. The molecule has 0 aliphatic rings. The van der Waals surface area contributed by atoms with E-state index in [1.54, 1.807) is 11.9 Å². The maximum Gasteiger partial charge on any atom is 0.321 e. The van der Waals surface area contributed by atoms with Crippen LogP contribution in [0.4, 0.5) is 10.5 Å². The molecule has 112 valence electrons. The van der Waals surface area contributed by atoms with Crippen LogP contribution in [0.25, 0.3) is 10.9 Å². The zero-order valence-corrected chi connectivity index (χ0v) is 12.8. The topological polar surface area (TPSA) is 37.3 Å². The molecule has 22 heavy (non-hydrogen) atoms. The van der Waals surface area contributed by atoms with Crippen molar-refractivity contribution < 1.29 is 4.79 Å². The van der Waals surface area contributed by atoms with E-state index in [1.165, 1.54) is 0 Å². The lowest BCUT2D eigenvalue weighted by Crippen LogP contribution is -2.30. The van der Waals surface area contributed by atoms with Crippen molar-refractivity contribution in [3.63, 3.8) is 0 Å². The molecule has 2 amide bonds. The SMILES string of the molecule is CN(Cc1ccccc1)C(=O)Nc1cn(C)c2ccccc12. The molecule has 1 N–H and O–H groups in total. The molecule has 4 nitrogen and oxygen atoms in total. The standard InChI is InChI=1S/C18H19N3O/c1-20-13-16(15-10-6-7-11-17(15)20)19-18(22)21(2)12-14-8-4-3-5-9-14/h3-11,13H,12H2,1-2H3,(H,19,22). The van der Waals surface area contributed by atoms with Gasteiger partial charge in [0, 0.05) is 37.7 Å². The highest BCUT2D eigenvalue weighted by Gasteiger charge is 2.12. The largest absolute Gasteiger partial charge is 0.348 e. The number of fused-ring (bicyclic) bond motifs is 1. The van der Waals surface area contributed by atoms with Gasteiger partial charge in [0.25, 0.3) is 0 Å². The van der Waals surface area contributed by atoms with Gasteiger partial charge in [-0.3, -0.25) is 0 Å². The number of hydrogen-bond acceptors (Lipinski definition) is 1. The van der Waals surface area contributed by atoms with E-state index >= 15 is 0 Å². The number of amides is 2. The van der Waals surface area contributed by atoms with E-state index in [2.05, 4.69) is 5.32 Å². The Labute approximate surface area is 130 Å². The third-order valence-electron chi connectivity index (χ3n) is 3.75. The summed E-state index contributed by atoms with van der Waals surface area (Å²) < 4.78 is 2.02. The monoisotopic (exact) mass is 293 g/mol. The maximum atomic E-state index is 12.4. The van der Waals surface area contributed by atoms with Crippen LogP contribution in [0, 0.1) is 0 Å². The smallest absolute Gasteiger partial charge is 0.321 e. The lowest BCUT2D eigenvalue weighted by Gasteiger charge is -2.17. The first-order valence-electron chi connectivity index (χ1n) is 7.25. The van der Waals surface area contributed by atoms with E-state index in [4.69, 9.17) is 0 Å². The van der Waals surface area contributed by atoms with Crippen LogP contribution in [-0.2, 0) is 13.6 Å². The van der Waals surface area contributed by atoms with Crippen molar-refractivity contribution in [3.05, 3.63) is 66.4 Å². The summed E-state index contributed by atoms with van der Waals surface area (Å²) in [6, 6.07) is 17.9. The first kappa shape index (κ1) is 14.2. The van der Waals surface area contributed by atoms with Crippen molar-refractivity contribution >= 4 is 22.6 Å². The molecule has 0 spiro atoms. The van der Waals surface area contributed by atoms with E-state index in [-0.39, 0.29) is 6.03 Å². The molecule has 1 heterocycles. The van der Waals surface area contributed by atoms with Crippen LogP contribution in [0.2, 0.25) is 0 Å². The zero-order valence-electron chi connectivity index (χ0n) is 12.8. The molecule has 0 saturated carbocycles. The van der Waals surface area contributed by atoms with Crippen molar-refractivity contribution in [2.75, 3.05) is 12.4 Å². The van der Waals surface area contributed by atoms with Crippen molar-refractivity contribution in [2.45, 2.75) is 6.54 Å². The second kappa shape index (κ2) is 5.93. The molecule has 0 fully saturated rings. The number of rotatable bonds is 3. The highest BCUT2D eigenvalue weighted by atomic mass is 16.2. The molecule has 3 aromatic rings. The number of anilines is 1. The van der Waals surface area contributed by atoms with E-state index in [9.17, 15) is 4.79 Å². The second-order valence-corrected chi connectivity index (χ2v) is 5.44. The molecule has 0 aliphatic heterocycles. The van der Waals surface area contributed by atoms with E-state index in [0.717, 1.165) is 22.2 Å². The van der Waals surface area contributed by atoms with E-state index in [1.807, 2.05) is 72.4 Å². The molecular formula is C18H19N3O. The second-order valence-electron chi connectivity index (χ2n) is 5.44. The first-order chi connectivity index (χ1) is 10.6. The minimum atomic E-state index is -0.111. The summed E-state index contributed by atoms with van der Waals surface area (Å²) in [6.45, 7) is 0.581. The quantitative estimate of drug-likeness (QED) is 0.782. The number of carbonyl (C=O) groups excluding carboxylic acids is 1. The number of aromatic nitrogens is 1. The highest BCUT2D eigenvalue weighted by molar-refractivity contribution is 6.01. The molecule has 0 aliphatic carbocycles. The van der Waals surface area contributed by atoms with Crippen LogP contribution in [-0.4, -0.2) is 22.5 Å². The van der Waals surface area contributed by atoms with Gasteiger partial charge < -0.3 is 14.8 Å². The Bertz CT molecular complexity index is 792. The van der Waals surface area contributed by atoms with Crippen LogP contribution < -0.4 is 5.32 Å². The van der Waals surface area contributed by atoms with Crippen LogP contribution in [0.5, 0.6) is 0 Å². The lowest BCUT2D eigenvalue weighted by molar-refractivity contribution is 0.220. The number of benzene rings is 2. The summed E-state index contributed by atoms with van der Waals surface area (Å²) in [7, 11) is 3.78. The van der Waals surface area contributed by atoms with Crippen LogP contribution >= 0.6 is 0 Å². The third kappa shape index (κ3) is 2.81. The average molecular weight is 293 g/mol. The third-order valence-corrected chi connectivity index (χ3v) is 3.75. The van der Waals surface area contributed by atoms with Gasteiger partial charge in [0.1, 0.15) is 0 Å². The molecule has 0 atom stereocenters.